The fourth-order valence-electron chi connectivity index (χ4n) is 0.224. The van der Waals surface area contributed by atoms with E-state index in [1.165, 1.54) is 0 Å². The zero-order valence-electron chi connectivity index (χ0n) is 6.61. The van der Waals surface area contributed by atoms with E-state index < -0.39 is 55.9 Å². The van der Waals surface area contributed by atoms with Gasteiger partial charge in [-0.2, -0.15) is 0 Å². The number of hydrogen-bond donors (Lipinski definition) is 0. The van der Waals surface area contributed by atoms with Gasteiger partial charge in [0, 0.05) is 0 Å². The molecule has 7 heteroatoms. The summed E-state index contributed by atoms with van der Waals surface area (Å²) in [6.45, 7) is 6.43. The molecule has 0 bridgehead atoms. The predicted octanol–water partition coefficient (Wildman–Crippen LogP) is -0.470. The zero-order valence-corrected chi connectivity index (χ0v) is 12.3. The Hall–Kier alpha value is -0.0226. The summed E-state index contributed by atoms with van der Waals surface area (Å²) in [4.78, 5) is 21.0. The molecule has 0 saturated carbocycles. The molecule has 4 radical (unpaired) electrons. The van der Waals surface area contributed by atoms with Gasteiger partial charge in [-0.3, -0.25) is 0 Å². The molecule has 0 rings (SSSR count). The number of carbonyl (C=O) groups is 2. The minimum absolute atomic E-state index is 0.499. The average Bonchev–Trinajstić information content (AvgIpc) is 2.16. The van der Waals surface area contributed by atoms with Crippen molar-refractivity contribution in [2.45, 2.75) is 0 Å². The summed E-state index contributed by atoms with van der Waals surface area (Å²) in [6.07, 6.45) is 2.12. The molecule has 0 saturated heterocycles. The van der Waals surface area contributed by atoms with Crippen LogP contribution < -0.4 is 0 Å². The summed E-state index contributed by atoms with van der Waals surface area (Å²) >= 11 is -3.22. The summed E-state index contributed by atoms with van der Waals surface area (Å²) in [5, 5.41) is 0. The molecule has 0 aromatic rings. The van der Waals surface area contributed by atoms with Crippen LogP contribution in [0.25, 0.3) is 0 Å². The molecule has 0 aromatic carbocycles. The maximum absolute atomic E-state index is 10.5. The quantitative estimate of drug-likeness (QED) is 0.346. The molecule has 0 aliphatic heterocycles. The summed E-state index contributed by atoms with van der Waals surface area (Å²) < 4.78 is 14.2. The van der Waals surface area contributed by atoms with Gasteiger partial charge in [0.05, 0.1) is 0 Å². The first-order valence-electron chi connectivity index (χ1n) is 3.03. The molecule has 0 N–H and O–H groups in total. The van der Waals surface area contributed by atoms with E-state index in [2.05, 4.69) is 19.3 Å². The van der Waals surface area contributed by atoms with Crippen LogP contribution in [0.1, 0.15) is 0 Å². The van der Waals surface area contributed by atoms with Crippen molar-refractivity contribution in [3.63, 3.8) is 0 Å². The molecule has 5 nitrogen and oxygen atoms in total. The Morgan fingerprint density at radius 3 is 1.69 bits per heavy atom. The molecule has 0 amide bonds. The van der Waals surface area contributed by atoms with Gasteiger partial charge < -0.3 is 0 Å². The monoisotopic (exact) mass is 398 g/mol. The van der Waals surface area contributed by atoms with Crippen LogP contribution in [-0.2, 0) is 17.1 Å². The third kappa shape index (κ3) is 8.31. The predicted molar refractivity (Wildman–Crippen MR) is 45.2 cm³/mol. The van der Waals surface area contributed by atoms with Crippen molar-refractivity contribution < 1.29 is 17.1 Å². The van der Waals surface area contributed by atoms with Gasteiger partial charge in [0.15, 0.2) is 0 Å². The van der Waals surface area contributed by atoms with Crippen LogP contribution >= 0.6 is 0 Å². The van der Waals surface area contributed by atoms with Gasteiger partial charge in [-0.1, -0.05) is 0 Å². The van der Waals surface area contributed by atoms with Gasteiger partial charge in [0.25, 0.3) is 0 Å². The van der Waals surface area contributed by atoms with Gasteiger partial charge in [-0.05, 0) is 0 Å². The van der Waals surface area contributed by atoms with E-state index in [1.54, 1.807) is 0 Å². The van der Waals surface area contributed by atoms with Gasteiger partial charge in [-0.25, -0.2) is 0 Å². The minimum atomic E-state index is -1.61. The second-order valence-corrected chi connectivity index (χ2v) is 8.13. The topological polar surface area (TPSA) is 61.8 Å². The Balaban J connectivity index is 3.26. The summed E-state index contributed by atoms with van der Waals surface area (Å²) in [7, 11) is 0. The number of hydrogen-bond acceptors (Lipinski definition) is 5. The van der Waals surface area contributed by atoms with Crippen LogP contribution in [0.2, 0.25) is 0 Å². The first-order valence-corrected chi connectivity index (χ1v) is 7.69. The normalized spacial score (nSPS) is 8.62. The molecule has 13 heavy (non-hydrogen) atoms. The molecular weight excluding hydrogens is 389 g/mol. The van der Waals surface area contributed by atoms with Crippen LogP contribution in [0.3, 0.4) is 0 Å². The fraction of sp³-hybridized carbons (Fsp3) is 0. The van der Waals surface area contributed by atoms with Crippen LogP contribution in [0.15, 0.2) is 25.3 Å². The maximum atomic E-state index is 10.5. The van der Waals surface area contributed by atoms with Crippen molar-refractivity contribution >= 4 is 55.9 Å². The fourth-order valence-corrected chi connectivity index (χ4v) is 3.75. The van der Waals surface area contributed by atoms with E-state index in [0.717, 1.165) is 12.2 Å². The first-order chi connectivity index (χ1) is 6.20. The molecule has 0 aliphatic rings. The molecule has 0 heterocycles. The first kappa shape index (κ1) is 13.0. The van der Waals surface area contributed by atoms with Crippen molar-refractivity contribution in [2.75, 3.05) is 0 Å². The summed E-state index contributed by atoms with van der Waals surface area (Å²) in [5.41, 5.74) is 0. The van der Waals surface area contributed by atoms with E-state index in [4.69, 9.17) is 1.41 Å². The molecule has 0 unspecified atom stereocenters. The van der Waals surface area contributed by atoms with Crippen LogP contribution in [0.5, 0.6) is 0 Å². The van der Waals surface area contributed by atoms with E-state index >= 15 is 0 Å². The van der Waals surface area contributed by atoms with Crippen molar-refractivity contribution in [2.24, 2.45) is 0 Å². The second kappa shape index (κ2) is 8.57. The van der Waals surface area contributed by atoms with Crippen molar-refractivity contribution in [1.29, 1.82) is 0 Å². The van der Waals surface area contributed by atoms with Gasteiger partial charge >= 0.3 is 98.3 Å². The number of carbonyl (C=O) groups excluding carboxylic acids is 2. The van der Waals surface area contributed by atoms with E-state index in [9.17, 15) is 9.59 Å². The van der Waals surface area contributed by atoms with Crippen molar-refractivity contribution in [3.8, 4) is 0 Å². The summed E-state index contributed by atoms with van der Waals surface area (Å²) in [5.74, 6) is -0.998. The molecule has 0 atom stereocenters. The summed E-state index contributed by atoms with van der Waals surface area (Å²) in [6, 6.07) is 0. The Labute approximate surface area is 97.7 Å². The third-order valence-electron chi connectivity index (χ3n) is 0.701. The van der Waals surface area contributed by atoms with Crippen LogP contribution in [0.4, 0.5) is 0 Å². The standard InChI is InChI=1S/2C3H4O2.O.2Sn/c2*1-2-3(4)5;;;/h2*2H,1H2,(H,4,5);;;/q;;;2*+1/p-2. The van der Waals surface area contributed by atoms with Crippen molar-refractivity contribution in [1.82, 2.24) is 0 Å². The van der Waals surface area contributed by atoms with E-state index in [1.807, 2.05) is 0 Å². The van der Waals surface area contributed by atoms with E-state index in [-0.39, 0.29) is 0 Å². The van der Waals surface area contributed by atoms with Gasteiger partial charge in [0.2, 0.25) is 0 Å². The second-order valence-electron chi connectivity index (χ2n) is 1.52. The molecule has 68 valence electrons. The van der Waals surface area contributed by atoms with E-state index in [0.29, 0.717) is 0 Å². The number of rotatable bonds is 6. The molecule has 0 aliphatic carbocycles. The molecular formula is C6H6O5Sn2. The SMILES string of the molecule is C=CC(=O)[O][Sn][O][Sn][O]C(=O)C=C. The molecule has 0 spiro atoms. The van der Waals surface area contributed by atoms with Crippen LogP contribution in [0, 0.1) is 0 Å². The molecule has 0 aromatic heterocycles. The van der Waals surface area contributed by atoms with Gasteiger partial charge in [-0.15, -0.1) is 0 Å². The van der Waals surface area contributed by atoms with Crippen molar-refractivity contribution in [3.05, 3.63) is 25.3 Å². The Morgan fingerprint density at radius 2 is 1.38 bits per heavy atom. The van der Waals surface area contributed by atoms with Gasteiger partial charge in [0.1, 0.15) is 0 Å². The Bertz CT molecular complexity index is 193. The Morgan fingerprint density at radius 1 is 1.00 bits per heavy atom. The average molecular weight is 396 g/mol. The Kier molecular flexibility index (Phi) is 8.56. The molecule has 0 fully saturated rings. The van der Waals surface area contributed by atoms with Crippen LogP contribution in [-0.4, -0.2) is 55.9 Å². The third-order valence-corrected chi connectivity index (χ3v) is 5.99. The zero-order chi connectivity index (χ0) is 10.1.